The maximum Gasteiger partial charge on any atom is 0.239 e. The smallest absolute Gasteiger partial charge is 0.239 e. The molecule has 2 saturated heterocycles. The van der Waals surface area contributed by atoms with Gasteiger partial charge in [0, 0.05) is 32.2 Å². The molecule has 0 spiro atoms. The van der Waals surface area contributed by atoms with Crippen LogP contribution in [0.15, 0.2) is 17.8 Å². The van der Waals surface area contributed by atoms with Gasteiger partial charge in [-0.3, -0.25) is 4.79 Å². The topological polar surface area (TPSA) is 61.4 Å². The van der Waals surface area contributed by atoms with Gasteiger partial charge in [-0.2, -0.15) is 0 Å². The molecule has 0 aromatic carbocycles. The van der Waals surface area contributed by atoms with E-state index in [9.17, 15) is 4.79 Å². The first kappa shape index (κ1) is 16.4. The lowest BCUT2D eigenvalue weighted by atomic mass is 9.85. The summed E-state index contributed by atoms with van der Waals surface area (Å²) in [6.07, 6.45) is 7.86. The lowest BCUT2D eigenvalue weighted by Crippen LogP contribution is -2.53. The lowest BCUT2D eigenvalue weighted by molar-refractivity contribution is -0.133. The van der Waals surface area contributed by atoms with Crippen LogP contribution in [0.2, 0.25) is 0 Å². The number of fused-ring (bicyclic) bond motifs is 2. The molecule has 0 bridgehead atoms. The zero-order chi connectivity index (χ0) is 17.5. The van der Waals surface area contributed by atoms with Crippen molar-refractivity contribution < 1.29 is 4.79 Å². The molecule has 5 rings (SSSR count). The fourth-order valence-corrected chi connectivity index (χ4v) is 5.63. The number of rotatable bonds is 2. The highest BCUT2D eigenvalue weighted by atomic mass is 32.1. The van der Waals surface area contributed by atoms with Crippen LogP contribution in [-0.2, 0) is 4.79 Å². The Morgan fingerprint density at radius 1 is 1.15 bits per heavy atom. The molecule has 1 aliphatic carbocycles. The van der Waals surface area contributed by atoms with Gasteiger partial charge in [0.05, 0.1) is 11.4 Å². The van der Waals surface area contributed by atoms with E-state index >= 15 is 0 Å². The number of nitrogens with zero attached hydrogens (tertiary/aromatic N) is 4. The number of carbonyl (C=O) groups is 1. The summed E-state index contributed by atoms with van der Waals surface area (Å²) >= 11 is 1.65. The number of hydrogen-bond acceptors (Lipinski definition) is 6. The molecule has 0 radical (unpaired) electrons. The Morgan fingerprint density at radius 3 is 2.85 bits per heavy atom. The molecule has 2 aromatic heterocycles. The molecule has 7 heteroatoms. The predicted octanol–water partition coefficient (Wildman–Crippen LogP) is 2.26. The van der Waals surface area contributed by atoms with E-state index in [1.807, 2.05) is 0 Å². The van der Waals surface area contributed by atoms with Crippen LogP contribution in [0.5, 0.6) is 0 Å². The molecule has 138 valence electrons. The van der Waals surface area contributed by atoms with Crippen LogP contribution in [0.1, 0.15) is 32.1 Å². The van der Waals surface area contributed by atoms with Gasteiger partial charge < -0.3 is 15.1 Å². The molecule has 3 aliphatic rings. The third kappa shape index (κ3) is 2.87. The molecule has 3 unspecified atom stereocenters. The third-order valence-corrected chi connectivity index (χ3v) is 7.11. The van der Waals surface area contributed by atoms with Gasteiger partial charge in [0.15, 0.2) is 0 Å². The van der Waals surface area contributed by atoms with E-state index in [1.165, 1.54) is 25.7 Å². The van der Waals surface area contributed by atoms with Crippen molar-refractivity contribution >= 4 is 33.3 Å². The number of amides is 1. The molecule has 2 aromatic rings. The summed E-state index contributed by atoms with van der Waals surface area (Å²) in [6.45, 7) is 3.24. The number of aromatic nitrogens is 2. The molecular formula is C19H25N5OS. The highest BCUT2D eigenvalue weighted by molar-refractivity contribution is 7.16. The monoisotopic (exact) mass is 371 g/mol. The van der Waals surface area contributed by atoms with E-state index in [-0.39, 0.29) is 6.04 Å². The number of hydrogen-bond donors (Lipinski definition) is 1. The third-order valence-electron chi connectivity index (χ3n) is 6.29. The first-order valence-corrected chi connectivity index (χ1v) is 10.7. The Hall–Kier alpha value is -1.73. The molecule has 1 N–H and O–H groups in total. The molecule has 4 heterocycles. The van der Waals surface area contributed by atoms with Crippen LogP contribution in [0.3, 0.4) is 0 Å². The second-order valence-corrected chi connectivity index (χ2v) is 8.65. The summed E-state index contributed by atoms with van der Waals surface area (Å²) in [5.74, 6) is 2.03. The largest absolute Gasteiger partial charge is 0.352 e. The summed E-state index contributed by atoms with van der Waals surface area (Å²) < 4.78 is 0. The van der Waals surface area contributed by atoms with Crippen molar-refractivity contribution in [2.75, 3.05) is 31.1 Å². The van der Waals surface area contributed by atoms with Crippen LogP contribution in [-0.4, -0.2) is 59.0 Å². The molecule has 3 atom stereocenters. The van der Waals surface area contributed by atoms with Gasteiger partial charge in [0.25, 0.3) is 0 Å². The van der Waals surface area contributed by atoms with E-state index in [2.05, 4.69) is 36.5 Å². The Kier molecular flexibility index (Phi) is 4.29. The minimum Gasteiger partial charge on any atom is -0.352 e. The summed E-state index contributed by atoms with van der Waals surface area (Å²) in [5, 5.41) is 6.82. The maximum absolute atomic E-state index is 13.0. The molecule has 1 saturated carbocycles. The molecule has 1 amide bonds. The first-order chi connectivity index (χ1) is 12.8. The van der Waals surface area contributed by atoms with Gasteiger partial charge in [0.1, 0.15) is 17.0 Å². The van der Waals surface area contributed by atoms with Gasteiger partial charge in [-0.1, -0.05) is 12.8 Å². The SMILES string of the molecule is O=C(C1CC2CCCCC2N1)N1CCN(c2ncnc3sccc23)CC1. The van der Waals surface area contributed by atoms with Crippen LogP contribution in [0, 0.1) is 5.92 Å². The van der Waals surface area contributed by atoms with Crippen LogP contribution < -0.4 is 10.2 Å². The normalized spacial score (nSPS) is 29.2. The summed E-state index contributed by atoms with van der Waals surface area (Å²) in [4.78, 5) is 27.2. The van der Waals surface area contributed by atoms with Crippen LogP contribution >= 0.6 is 11.3 Å². The van der Waals surface area contributed by atoms with Gasteiger partial charge in [-0.15, -0.1) is 11.3 Å². The zero-order valence-corrected chi connectivity index (χ0v) is 15.7. The summed E-state index contributed by atoms with van der Waals surface area (Å²) in [7, 11) is 0. The molecule has 3 fully saturated rings. The van der Waals surface area contributed by atoms with E-state index in [4.69, 9.17) is 0 Å². The molecule has 2 aliphatic heterocycles. The molecular weight excluding hydrogens is 346 g/mol. The van der Waals surface area contributed by atoms with Crippen LogP contribution in [0.25, 0.3) is 10.2 Å². The van der Waals surface area contributed by atoms with E-state index in [0.717, 1.165) is 48.6 Å². The van der Waals surface area contributed by atoms with Crippen molar-refractivity contribution in [3.8, 4) is 0 Å². The van der Waals surface area contributed by atoms with Crippen molar-refractivity contribution in [1.82, 2.24) is 20.2 Å². The average Bonchev–Trinajstić information content (AvgIpc) is 3.34. The number of carbonyl (C=O) groups excluding carboxylic acids is 1. The van der Waals surface area contributed by atoms with Crippen molar-refractivity contribution in [3.63, 3.8) is 0 Å². The Balaban J connectivity index is 1.23. The minimum atomic E-state index is 0.0391. The van der Waals surface area contributed by atoms with Crippen molar-refractivity contribution in [2.24, 2.45) is 5.92 Å². The Morgan fingerprint density at radius 2 is 2.00 bits per heavy atom. The predicted molar refractivity (Wildman–Crippen MR) is 103 cm³/mol. The fraction of sp³-hybridized carbons (Fsp3) is 0.632. The lowest BCUT2D eigenvalue weighted by Gasteiger charge is -2.36. The van der Waals surface area contributed by atoms with E-state index < -0.39 is 0 Å². The standard InChI is InChI=1S/C19H25N5OS/c25-19(16-11-13-3-1-2-4-15(13)22-16)24-8-6-23(7-9-24)17-14-5-10-26-18(14)21-12-20-17/h5,10,12-13,15-16,22H,1-4,6-9,11H2. The number of nitrogens with one attached hydrogen (secondary N) is 1. The quantitative estimate of drug-likeness (QED) is 0.877. The zero-order valence-electron chi connectivity index (χ0n) is 14.9. The number of thiophene rings is 1. The second kappa shape index (κ2) is 6.78. The Bertz CT molecular complexity index is 786. The summed E-state index contributed by atoms with van der Waals surface area (Å²) in [5.41, 5.74) is 0. The maximum atomic E-state index is 13.0. The molecule has 26 heavy (non-hydrogen) atoms. The fourth-order valence-electron chi connectivity index (χ4n) is 4.90. The van der Waals surface area contributed by atoms with Gasteiger partial charge in [-0.05, 0) is 36.6 Å². The highest BCUT2D eigenvalue weighted by Crippen LogP contribution is 2.34. The summed E-state index contributed by atoms with van der Waals surface area (Å²) in [6, 6.07) is 2.71. The second-order valence-electron chi connectivity index (χ2n) is 7.76. The van der Waals surface area contributed by atoms with E-state index in [1.54, 1.807) is 17.7 Å². The minimum absolute atomic E-state index is 0.0391. The van der Waals surface area contributed by atoms with Crippen molar-refractivity contribution in [3.05, 3.63) is 17.8 Å². The first-order valence-electron chi connectivity index (χ1n) is 9.77. The van der Waals surface area contributed by atoms with Gasteiger partial charge in [0.2, 0.25) is 5.91 Å². The van der Waals surface area contributed by atoms with Gasteiger partial charge in [-0.25, -0.2) is 9.97 Å². The van der Waals surface area contributed by atoms with Gasteiger partial charge >= 0.3 is 0 Å². The van der Waals surface area contributed by atoms with Crippen LogP contribution in [0.4, 0.5) is 5.82 Å². The number of piperazine rings is 1. The Labute approximate surface area is 157 Å². The highest BCUT2D eigenvalue weighted by Gasteiger charge is 2.40. The molecule has 6 nitrogen and oxygen atoms in total. The van der Waals surface area contributed by atoms with E-state index in [0.29, 0.717) is 17.9 Å². The average molecular weight is 372 g/mol. The van der Waals surface area contributed by atoms with Crippen molar-refractivity contribution in [2.45, 2.75) is 44.2 Å². The number of anilines is 1. The van der Waals surface area contributed by atoms with Crippen molar-refractivity contribution in [1.29, 1.82) is 0 Å².